The highest BCUT2D eigenvalue weighted by Crippen LogP contribution is 2.28. The van der Waals surface area contributed by atoms with Crippen molar-refractivity contribution in [3.63, 3.8) is 0 Å². The summed E-state index contributed by atoms with van der Waals surface area (Å²) >= 11 is 0. The fraction of sp³-hybridized carbons (Fsp3) is 0.222. The molecule has 6 nitrogen and oxygen atoms in total. The molecule has 0 atom stereocenters. The molecule has 0 unspecified atom stereocenters. The zero-order chi connectivity index (χ0) is 16.9. The Bertz CT molecular complexity index is 756. The van der Waals surface area contributed by atoms with Gasteiger partial charge in [-0.2, -0.15) is 0 Å². The van der Waals surface area contributed by atoms with Crippen LogP contribution in [0.3, 0.4) is 0 Å². The van der Waals surface area contributed by atoms with Crippen molar-refractivity contribution in [2.45, 2.75) is 13.5 Å². The Morgan fingerprint density at radius 2 is 2.04 bits per heavy atom. The summed E-state index contributed by atoms with van der Waals surface area (Å²) in [5.41, 5.74) is 2.66. The third-order valence-electron chi connectivity index (χ3n) is 3.56. The average molecular weight is 326 g/mol. The van der Waals surface area contributed by atoms with Crippen LogP contribution in [0.15, 0.2) is 42.5 Å². The third kappa shape index (κ3) is 4.04. The van der Waals surface area contributed by atoms with Crippen molar-refractivity contribution in [2.24, 2.45) is 0 Å². The lowest BCUT2D eigenvalue weighted by Gasteiger charge is -2.18. The lowest BCUT2D eigenvalue weighted by molar-refractivity contribution is -0.123. The largest absolute Gasteiger partial charge is 0.484 e. The SMILES string of the molecule is Cc1ccc(OCC(=O)NCc2ccc3c(c2)OCC(=O)N3)cc1. The van der Waals surface area contributed by atoms with E-state index in [2.05, 4.69) is 10.6 Å². The number of hydrogen-bond donors (Lipinski definition) is 2. The Kier molecular flexibility index (Phi) is 4.65. The number of aryl methyl sites for hydroxylation is 1. The first-order chi connectivity index (χ1) is 11.6. The smallest absolute Gasteiger partial charge is 0.262 e. The molecule has 6 heteroatoms. The van der Waals surface area contributed by atoms with E-state index in [9.17, 15) is 9.59 Å². The summed E-state index contributed by atoms with van der Waals surface area (Å²) in [6, 6.07) is 12.9. The van der Waals surface area contributed by atoms with Gasteiger partial charge in [0.15, 0.2) is 13.2 Å². The zero-order valence-corrected chi connectivity index (χ0v) is 13.3. The highest BCUT2D eigenvalue weighted by molar-refractivity contribution is 5.95. The van der Waals surface area contributed by atoms with Crippen LogP contribution in [0.2, 0.25) is 0 Å². The first-order valence-corrected chi connectivity index (χ1v) is 7.62. The molecule has 0 bridgehead atoms. The molecule has 0 spiro atoms. The molecule has 0 saturated heterocycles. The minimum absolute atomic E-state index is 0.00715. The van der Waals surface area contributed by atoms with Gasteiger partial charge in [-0.3, -0.25) is 9.59 Å². The molecular formula is C18H18N2O4. The average Bonchev–Trinajstić information content (AvgIpc) is 2.59. The summed E-state index contributed by atoms with van der Waals surface area (Å²) in [7, 11) is 0. The fourth-order valence-electron chi connectivity index (χ4n) is 2.26. The summed E-state index contributed by atoms with van der Waals surface area (Å²) < 4.78 is 10.8. The normalized spacial score (nSPS) is 12.6. The van der Waals surface area contributed by atoms with E-state index in [0.717, 1.165) is 11.1 Å². The summed E-state index contributed by atoms with van der Waals surface area (Å²) in [5.74, 6) is 0.894. The first kappa shape index (κ1) is 15.9. The summed E-state index contributed by atoms with van der Waals surface area (Å²) in [4.78, 5) is 23.1. The lowest BCUT2D eigenvalue weighted by atomic mass is 10.1. The van der Waals surface area contributed by atoms with Crippen molar-refractivity contribution >= 4 is 17.5 Å². The molecule has 0 radical (unpaired) electrons. The minimum atomic E-state index is -0.206. The molecule has 1 aliphatic heterocycles. The van der Waals surface area contributed by atoms with Crippen LogP contribution in [0.5, 0.6) is 11.5 Å². The molecule has 0 saturated carbocycles. The highest BCUT2D eigenvalue weighted by atomic mass is 16.5. The van der Waals surface area contributed by atoms with Crippen LogP contribution in [-0.4, -0.2) is 25.0 Å². The quantitative estimate of drug-likeness (QED) is 0.881. The Balaban J connectivity index is 1.49. The predicted molar refractivity (Wildman–Crippen MR) is 89.1 cm³/mol. The van der Waals surface area contributed by atoms with Crippen LogP contribution in [0, 0.1) is 6.92 Å². The molecule has 1 heterocycles. The van der Waals surface area contributed by atoms with Gasteiger partial charge in [0.2, 0.25) is 0 Å². The van der Waals surface area contributed by atoms with Gasteiger partial charge in [0.25, 0.3) is 11.8 Å². The van der Waals surface area contributed by atoms with Crippen LogP contribution >= 0.6 is 0 Å². The highest BCUT2D eigenvalue weighted by Gasteiger charge is 2.16. The maximum Gasteiger partial charge on any atom is 0.262 e. The number of anilines is 1. The second-order valence-electron chi connectivity index (χ2n) is 5.55. The predicted octanol–water partition coefficient (Wildman–Crippen LogP) is 2.02. The minimum Gasteiger partial charge on any atom is -0.484 e. The first-order valence-electron chi connectivity index (χ1n) is 7.62. The second kappa shape index (κ2) is 7.04. The molecule has 3 rings (SSSR count). The van der Waals surface area contributed by atoms with Gasteiger partial charge in [-0.25, -0.2) is 0 Å². The second-order valence-corrected chi connectivity index (χ2v) is 5.55. The summed E-state index contributed by atoms with van der Waals surface area (Å²) in [6.45, 7) is 2.32. The van der Waals surface area contributed by atoms with Crippen LogP contribution in [-0.2, 0) is 16.1 Å². The number of carbonyl (C=O) groups is 2. The van der Waals surface area contributed by atoms with Gasteiger partial charge in [0.05, 0.1) is 5.69 Å². The number of nitrogens with one attached hydrogen (secondary N) is 2. The van der Waals surface area contributed by atoms with Crippen molar-refractivity contribution < 1.29 is 19.1 Å². The molecule has 2 N–H and O–H groups in total. The number of carbonyl (C=O) groups excluding carboxylic acids is 2. The van der Waals surface area contributed by atoms with E-state index in [1.165, 1.54) is 0 Å². The number of fused-ring (bicyclic) bond motifs is 1. The van der Waals surface area contributed by atoms with Crippen molar-refractivity contribution in [3.05, 3.63) is 53.6 Å². The number of benzene rings is 2. The molecule has 124 valence electrons. The molecule has 2 aromatic rings. The van der Waals surface area contributed by atoms with Gasteiger partial charge >= 0.3 is 0 Å². The maximum absolute atomic E-state index is 11.9. The summed E-state index contributed by atoms with van der Waals surface area (Å²) in [6.07, 6.45) is 0. The molecule has 2 aromatic carbocycles. The Labute approximate surface area is 139 Å². The van der Waals surface area contributed by atoms with Crippen LogP contribution in [0.4, 0.5) is 5.69 Å². The Morgan fingerprint density at radius 1 is 1.25 bits per heavy atom. The van der Waals surface area contributed by atoms with E-state index >= 15 is 0 Å². The van der Waals surface area contributed by atoms with Crippen LogP contribution < -0.4 is 20.1 Å². The van der Waals surface area contributed by atoms with E-state index in [4.69, 9.17) is 9.47 Å². The molecule has 2 amide bonds. The van der Waals surface area contributed by atoms with E-state index in [-0.39, 0.29) is 25.0 Å². The number of hydrogen-bond acceptors (Lipinski definition) is 4. The Morgan fingerprint density at radius 3 is 2.83 bits per heavy atom. The van der Waals surface area contributed by atoms with Crippen molar-refractivity contribution in [1.82, 2.24) is 5.32 Å². The molecule has 0 aliphatic carbocycles. The topological polar surface area (TPSA) is 76.7 Å². The lowest BCUT2D eigenvalue weighted by Crippen LogP contribution is -2.29. The monoisotopic (exact) mass is 326 g/mol. The standard InChI is InChI=1S/C18H18N2O4/c1-12-2-5-14(6-3-12)23-10-17(21)19-9-13-4-7-15-16(8-13)24-11-18(22)20-15/h2-8H,9-11H2,1H3,(H,19,21)(H,20,22). The van der Waals surface area contributed by atoms with E-state index < -0.39 is 0 Å². The number of ether oxygens (including phenoxy) is 2. The molecule has 0 aromatic heterocycles. The fourth-order valence-corrected chi connectivity index (χ4v) is 2.26. The molecule has 1 aliphatic rings. The van der Waals surface area contributed by atoms with Gasteiger partial charge in [-0.15, -0.1) is 0 Å². The number of amides is 2. The zero-order valence-electron chi connectivity index (χ0n) is 13.3. The van der Waals surface area contributed by atoms with Gasteiger partial charge in [0.1, 0.15) is 11.5 Å². The van der Waals surface area contributed by atoms with E-state index in [1.54, 1.807) is 12.1 Å². The van der Waals surface area contributed by atoms with Crippen molar-refractivity contribution in [2.75, 3.05) is 18.5 Å². The van der Waals surface area contributed by atoms with Gasteiger partial charge < -0.3 is 20.1 Å². The van der Waals surface area contributed by atoms with E-state index in [0.29, 0.717) is 23.7 Å². The van der Waals surface area contributed by atoms with Crippen LogP contribution in [0.25, 0.3) is 0 Å². The third-order valence-corrected chi connectivity index (χ3v) is 3.56. The van der Waals surface area contributed by atoms with Crippen molar-refractivity contribution in [1.29, 1.82) is 0 Å². The van der Waals surface area contributed by atoms with Crippen LogP contribution in [0.1, 0.15) is 11.1 Å². The molecular weight excluding hydrogens is 308 g/mol. The molecule has 24 heavy (non-hydrogen) atoms. The van der Waals surface area contributed by atoms with E-state index in [1.807, 2.05) is 37.3 Å². The number of rotatable bonds is 5. The molecule has 0 fully saturated rings. The van der Waals surface area contributed by atoms with Crippen molar-refractivity contribution in [3.8, 4) is 11.5 Å². The van der Waals surface area contributed by atoms with Gasteiger partial charge in [0, 0.05) is 6.54 Å². The Hall–Kier alpha value is -3.02. The van der Waals surface area contributed by atoms with Gasteiger partial charge in [-0.1, -0.05) is 23.8 Å². The maximum atomic E-state index is 11.9. The summed E-state index contributed by atoms with van der Waals surface area (Å²) in [5, 5.41) is 5.51. The van der Waals surface area contributed by atoms with Gasteiger partial charge in [-0.05, 0) is 36.8 Å².